The van der Waals surface area contributed by atoms with Crippen LogP contribution in [0, 0.1) is 6.92 Å². The molecule has 7 nitrogen and oxygen atoms in total. The molecule has 8 heteroatoms. The van der Waals surface area contributed by atoms with E-state index in [-0.39, 0.29) is 11.5 Å². The summed E-state index contributed by atoms with van der Waals surface area (Å²) in [5, 5.41) is 4.34. The third-order valence-corrected chi connectivity index (χ3v) is 7.31. The number of thiophene rings is 1. The van der Waals surface area contributed by atoms with Gasteiger partial charge in [-0.05, 0) is 49.9 Å². The second-order valence-corrected chi connectivity index (χ2v) is 8.77. The van der Waals surface area contributed by atoms with Gasteiger partial charge in [0.1, 0.15) is 5.60 Å². The summed E-state index contributed by atoms with van der Waals surface area (Å²) >= 11 is 1.74. The van der Waals surface area contributed by atoms with Gasteiger partial charge >= 0.3 is 0 Å². The molecule has 1 amide bonds. The van der Waals surface area contributed by atoms with Crippen molar-refractivity contribution in [1.82, 2.24) is 24.6 Å². The number of likely N-dealkylation sites (tertiary alicyclic amines) is 1. The van der Waals surface area contributed by atoms with Gasteiger partial charge in [0.2, 0.25) is 0 Å². The van der Waals surface area contributed by atoms with E-state index in [1.165, 1.54) is 10.4 Å². The van der Waals surface area contributed by atoms with Crippen molar-refractivity contribution in [2.75, 3.05) is 19.7 Å². The molecule has 2 aliphatic heterocycles. The molecule has 0 N–H and O–H groups in total. The number of carbonyl (C=O) groups excluding carboxylic acids is 1. The number of aryl methyl sites for hydroxylation is 2. The first-order chi connectivity index (χ1) is 14.1. The second kappa shape index (κ2) is 7.03. The maximum absolute atomic E-state index is 12.9. The monoisotopic (exact) mass is 409 g/mol. The van der Waals surface area contributed by atoms with Gasteiger partial charge in [-0.3, -0.25) is 9.48 Å². The van der Waals surface area contributed by atoms with Crippen molar-refractivity contribution >= 4 is 17.2 Å². The minimum atomic E-state index is -0.303. The predicted octanol–water partition coefficient (Wildman–Crippen LogP) is 2.95. The second-order valence-electron chi connectivity index (χ2n) is 7.72. The van der Waals surface area contributed by atoms with E-state index >= 15 is 0 Å². The molecule has 0 atom stereocenters. The highest BCUT2D eigenvalue weighted by molar-refractivity contribution is 7.15. The highest BCUT2D eigenvalue weighted by Gasteiger charge is 2.43. The zero-order valence-corrected chi connectivity index (χ0v) is 17.4. The maximum Gasteiger partial charge on any atom is 0.274 e. The Kier molecular flexibility index (Phi) is 4.48. The minimum absolute atomic E-state index is 0.00383. The fourth-order valence-electron chi connectivity index (χ4n) is 4.23. The number of amides is 1. The topological polar surface area (TPSA) is 73.1 Å². The molecule has 1 spiro atoms. The fourth-order valence-corrected chi connectivity index (χ4v) is 5.59. The zero-order valence-electron chi connectivity index (χ0n) is 16.6. The van der Waals surface area contributed by atoms with E-state index in [0.717, 1.165) is 35.7 Å². The SMILES string of the molecule is Cc1cc(C(=O)N2CCC3(CC2)OCCc2cc(-c4ncccn4)sc23)nn1C. The van der Waals surface area contributed by atoms with Crippen LogP contribution in [0.2, 0.25) is 0 Å². The van der Waals surface area contributed by atoms with Crippen LogP contribution in [0.1, 0.15) is 39.5 Å². The molecule has 5 heterocycles. The summed E-state index contributed by atoms with van der Waals surface area (Å²) < 4.78 is 8.10. The van der Waals surface area contributed by atoms with Crippen molar-refractivity contribution in [3.8, 4) is 10.7 Å². The molecular weight excluding hydrogens is 386 g/mol. The first-order valence-corrected chi connectivity index (χ1v) is 10.7. The average molecular weight is 410 g/mol. The molecule has 150 valence electrons. The molecule has 1 saturated heterocycles. The molecule has 0 aromatic carbocycles. The van der Waals surface area contributed by atoms with Crippen LogP contribution in [0.5, 0.6) is 0 Å². The average Bonchev–Trinajstić information content (AvgIpc) is 3.33. The lowest BCUT2D eigenvalue weighted by molar-refractivity contribution is -0.0906. The Morgan fingerprint density at radius 3 is 2.66 bits per heavy atom. The van der Waals surface area contributed by atoms with Gasteiger partial charge in [-0.1, -0.05) is 0 Å². The van der Waals surface area contributed by atoms with Crippen LogP contribution < -0.4 is 0 Å². The molecule has 3 aromatic rings. The van der Waals surface area contributed by atoms with E-state index in [2.05, 4.69) is 21.1 Å². The summed E-state index contributed by atoms with van der Waals surface area (Å²) in [5.74, 6) is 0.768. The Morgan fingerprint density at radius 1 is 1.21 bits per heavy atom. The minimum Gasteiger partial charge on any atom is -0.369 e. The van der Waals surface area contributed by atoms with Gasteiger partial charge in [-0.25, -0.2) is 9.97 Å². The molecule has 5 rings (SSSR count). The van der Waals surface area contributed by atoms with E-state index < -0.39 is 0 Å². The quantitative estimate of drug-likeness (QED) is 0.651. The standard InChI is InChI=1S/C21H23N5O2S/c1-14-12-16(24-25(14)2)20(27)26-9-5-21(6-10-26)18-15(4-11-28-21)13-17(29-18)19-22-7-3-8-23-19/h3,7-8,12-13H,4-6,9-11H2,1-2H3. The number of rotatable bonds is 2. The van der Waals surface area contributed by atoms with Crippen molar-refractivity contribution in [2.24, 2.45) is 7.05 Å². The molecule has 3 aromatic heterocycles. The number of aromatic nitrogens is 4. The summed E-state index contributed by atoms with van der Waals surface area (Å²) in [7, 11) is 1.86. The lowest BCUT2D eigenvalue weighted by Crippen LogP contribution is -2.48. The molecule has 29 heavy (non-hydrogen) atoms. The zero-order chi connectivity index (χ0) is 20.0. The van der Waals surface area contributed by atoms with Crippen LogP contribution >= 0.6 is 11.3 Å². The van der Waals surface area contributed by atoms with E-state index in [1.54, 1.807) is 28.4 Å². The summed E-state index contributed by atoms with van der Waals surface area (Å²) in [5.41, 5.74) is 2.54. The lowest BCUT2D eigenvalue weighted by Gasteiger charge is -2.43. The fraction of sp³-hybridized carbons (Fsp3) is 0.429. The van der Waals surface area contributed by atoms with Crippen molar-refractivity contribution in [2.45, 2.75) is 31.8 Å². The van der Waals surface area contributed by atoms with E-state index in [1.807, 2.05) is 31.0 Å². The maximum atomic E-state index is 12.9. The number of ether oxygens (including phenoxy) is 1. The molecule has 1 fully saturated rings. The molecule has 0 bridgehead atoms. The van der Waals surface area contributed by atoms with E-state index in [0.29, 0.717) is 25.4 Å². The number of hydrogen-bond donors (Lipinski definition) is 0. The molecule has 0 saturated carbocycles. The Hall–Kier alpha value is -2.58. The summed E-state index contributed by atoms with van der Waals surface area (Å²) in [4.78, 5) is 25.9. The molecule has 0 radical (unpaired) electrons. The van der Waals surface area contributed by atoms with Gasteiger partial charge in [0, 0.05) is 43.1 Å². The number of fused-ring (bicyclic) bond motifs is 2. The summed E-state index contributed by atoms with van der Waals surface area (Å²) in [6.07, 6.45) is 6.06. The third-order valence-electron chi connectivity index (χ3n) is 5.95. The Bertz CT molecular complexity index is 1030. The van der Waals surface area contributed by atoms with Crippen molar-refractivity contribution in [1.29, 1.82) is 0 Å². The molecule has 0 unspecified atom stereocenters. The van der Waals surface area contributed by atoms with Crippen molar-refractivity contribution in [3.05, 3.63) is 52.4 Å². The summed E-state index contributed by atoms with van der Waals surface area (Å²) in [6, 6.07) is 5.90. The van der Waals surface area contributed by atoms with Crippen LogP contribution in [-0.2, 0) is 23.8 Å². The molecule has 0 aliphatic carbocycles. The summed E-state index contributed by atoms with van der Waals surface area (Å²) in [6.45, 7) is 4.01. The van der Waals surface area contributed by atoms with Gasteiger partial charge < -0.3 is 9.64 Å². The number of hydrogen-bond acceptors (Lipinski definition) is 6. The number of carbonyl (C=O) groups is 1. The highest BCUT2D eigenvalue weighted by Crippen LogP contribution is 2.47. The number of piperidine rings is 1. The van der Waals surface area contributed by atoms with Gasteiger partial charge in [0.05, 0.1) is 11.5 Å². The smallest absolute Gasteiger partial charge is 0.274 e. The van der Waals surface area contributed by atoms with Gasteiger partial charge in [0.25, 0.3) is 5.91 Å². The predicted molar refractivity (Wildman–Crippen MR) is 110 cm³/mol. The molecule has 2 aliphatic rings. The first-order valence-electron chi connectivity index (χ1n) is 9.90. The third kappa shape index (κ3) is 3.16. The number of nitrogens with zero attached hydrogens (tertiary/aromatic N) is 5. The van der Waals surface area contributed by atoms with Crippen LogP contribution in [0.4, 0.5) is 0 Å². The van der Waals surface area contributed by atoms with Crippen molar-refractivity contribution in [3.63, 3.8) is 0 Å². The lowest BCUT2D eigenvalue weighted by atomic mass is 9.85. The van der Waals surface area contributed by atoms with Gasteiger partial charge in [0.15, 0.2) is 11.5 Å². The van der Waals surface area contributed by atoms with Gasteiger partial charge in [-0.2, -0.15) is 5.10 Å². The van der Waals surface area contributed by atoms with Crippen LogP contribution in [0.3, 0.4) is 0 Å². The largest absolute Gasteiger partial charge is 0.369 e. The Balaban J connectivity index is 1.37. The van der Waals surface area contributed by atoms with E-state index in [4.69, 9.17) is 4.74 Å². The van der Waals surface area contributed by atoms with Crippen LogP contribution in [0.25, 0.3) is 10.7 Å². The highest BCUT2D eigenvalue weighted by atomic mass is 32.1. The Morgan fingerprint density at radius 2 is 1.97 bits per heavy atom. The first kappa shape index (κ1) is 18.4. The normalized spacial score (nSPS) is 18.1. The van der Waals surface area contributed by atoms with Gasteiger partial charge in [-0.15, -0.1) is 11.3 Å². The van der Waals surface area contributed by atoms with Crippen molar-refractivity contribution < 1.29 is 9.53 Å². The van der Waals surface area contributed by atoms with E-state index in [9.17, 15) is 4.79 Å². The van der Waals surface area contributed by atoms with Crippen LogP contribution in [-0.4, -0.2) is 50.3 Å². The Labute approximate surface area is 173 Å². The molecular formula is C21H23N5O2S. The van der Waals surface area contributed by atoms with Crippen LogP contribution in [0.15, 0.2) is 30.6 Å².